The number of aliphatic hydroxyl groups excluding tert-OH is 1. The van der Waals surface area contributed by atoms with Gasteiger partial charge >= 0.3 is 0 Å². The van der Waals surface area contributed by atoms with Crippen molar-refractivity contribution in [2.45, 2.75) is 18.1 Å². The van der Waals surface area contributed by atoms with Crippen LogP contribution in [0.1, 0.15) is 17.5 Å². The third kappa shape index (κ3) is 2.09. The molecule has 1 aliphatic carbocycles. The summed E-state index contributed by atoms with van der Waals surface area (Å²) in [6.45, 7) is 0. The van der Waals surface area contributed by atoms with E-state index in [2.05, 4.69) is 0 Å². The largest absolute Gasteiger partial charge is 0.389 e. The van der Waals surface area contributed by atoms with Crippen LogP contribution in [0.15, 0.2) is 66.7 Å². The highest BCUT2D eigenvalue weighted by molar-refractivity contribution is 5.76. The molecule has 0 aromatic heterocycles. The second-order valence-electron chi connectivity index (χ2n) is 4.94. The van der Waals surface area contributed by atoms with Crippen molar-refractivity contribution < 1.29 is 10.2 Å². The standard InChI is InChI=1S/C17H16O2/c18-15-11-16(13-7-3-1-4-8-13)17(19,12-15)14-9-5-2-6-10-14/h1-11,15,18-19H,12H2/t15-,17-/m0/s1. The van der Waals surface area contributed by atoms with Crippen molar-refractivity contribution in [2.75, 3.05) is 0 Å². The molecule has 0 aliphatic heterocycles. The van der Waals surface area contributed by atoms with Crippen molar-refractivity contribution in [3.8, 4) is 0 Å². The molecule has 3 rings (SSSR count). The zero-order valence-electron chi connectivity index (χ0n) is 10.5. The van der Waals surface area contributed by atoms with Gasteiger partial charge in [-0.15, -0.1) is 0 Å². The molecule has 2 atom stereocenters. The van der Waals surface area contributed by atoms with Gasteiger partial charge in [0.05, 0.1) is 6.10 Å². The Morgan fingerprint density at radius 2 is 1.47 bits per heavy atom. The summed E-state index contributed by atoms with van der Waals surface area (Å²) in [6.07, 6.45) is 1.45. The fraction of sp³-hybridized carbons (Fsp3) is 0.176. The lowest BCUT2D eigenvalue weighted by Crippen LogP contribution is -2.26. The van der Waals surface area contributed by atoms with Crippen molar-refractivity contribution in [1.29, 1.82) is 0 Å². The number of benzene rings is 2. The second kappa shape index (κ2) is 4.65. The molecule has 2 aromatic carbocycles. The minimum absolute atomic E-state index is 0.307. The molecule has 1 aliphatic rings. The van der Waals surface area contributed by atoms with Crippen molar-refractivity contribution in [1.82, 2.24) is 0 Å². The van der Waals surface area contributed by atoms with Gasteiger partial charge in [0, 0.05) is 6.42 Å². The molecule has 2 nitrogen and oxygen atoms in total. The molecule has 0 saturated carbocycles. The Morgan fingerprint density at radius 3 is 2.11 bits per heavy atom. The molecule has 2 heteroatoms. The van der Waals surface area contributed by atoms with E-state index < -0.39 is 11.7 Å². The molecule has 0 heterocycles. The van der Waals surface area contributed by atoms with Crippen molar-refractivity contribution in [3.63, 3.8) is 0 Å². The van der Waals surface area contributed by atoms with Crippen LogP contribution in [0.25, 0.3) is 5.57 Å². The van der Waals surface area contributed by atoms with Gasteiger partial charge in [0.25, 0.3) is 0 Å². The number of aliphatic hydroxyl groups is 2. The summed E-state index contributed by atoms with van der Waals surface area (Å²) >= 11 is 0. The molecule has 0 radical (unpaired) electrons. The van der Waals surface area contributed by atoms with E-state index in [-0.39, 0.29) is 0 Å². The van der Waals surface area contributed by atoms with Crippen molar-refractivity contribution in [2.24, 2.45) is 0 Å². The highest BCUT2D eigenvalue weighted by Crippen LogP contribution is 2.44. The zero-order chi connectivity index (χ0) is 13.3. The van der Waals surface area contributed by atoms with Crippen LogP contribution in [-0.4, -0.2) is 16.3 Å². The Kier molecular flexibility index (Phi) is 2.97. The van der Waals surface area contributed by atoms with Crippen LogP contribution >= 0.6 is 0 Å². The maximum atomic E-state index is 11.0. The first-order valence-corrected chi connectivity index (χ1v) is 6.44. The van der Waals surface area contributed by atoms with Gasteiger partial charge in [-0.2, -0.15) is 0 Å². The average Bonchev–Trinajstić information content (AvgIpc) is 2.77. The van der Waals surface area contributed by atoms with E-state index in [1.165, 1.54) is 0 Å². The predicted molar refractivity (Wildman–Crippen MR) is 75.4 cm³/mol. The first-order valence-electron chi connectivity index (χ1n) is 6.44. The quantitative estimate of drug-likeness (QED) is 0.862. The third-order valence-electron chi connectivity index (χ3n) is 3.65. The molecule has 2 N–H and O–H groups in total. The Hall–Kier alpha value is -1.90. The summed E-state index contributed by atoms with van der Waals surface area (Å²) in [6, 6.07) is 19.3. The van der Waals surface area contributed by atoms with Crippen LogP contribution in [0.3, 0.4) is 0 Å². The molecular formula is C17H16O2. The summed E-state index contributed by atoms with van der Waals surface area (Å²) in [5, 5.41) is 20.9. The Balaban J connectivity index is 2.09. The van der Waals surface area contributed by atoms with Gasteiger partial charge in [-0.3, -0.25) is 0 Å². The van der Waals surface area contributed by atoms with Gasteiger partial charge in [0.15, 0.2) is 0 Å². The average molecular weight is 252 g/mol. The minimum atomic E-state index is -1.11. The topological polar surface area (TPSA) is 40.5 Å². The lowest BCUT2D eigenvalue weighted by atomic mass is 9.84. The molecule has 2 aromatic rings. The van der Waals surface area contributed by atoms with Crippen LogP contribution in [0.5, 0.6) is 0 Å². The third-order valence-corrected chi connectivity index (χ3v) is 3.65. The van der Waals surface area contributed by atoms with Crippen LogP contribution in [0.2, 0.25) is 0 Å². The molecule has 0 fully saturated rings. The van der Waals surface area contributed by atoms with E-state index in [9.17, 15) is 10.2 Å². The molecular weight excluding hydrogens is 236 g/mol. The highest BCUT2D eigenvalue weighted by Gasteiger charge is 2.41. The fourth-order valence-electron chi connectivity index (χ4n) is 2.74. The number of hydrogen-bond donors (Lipinski definition) is 2. The first-order chi connectivity index (χ1) is 9.20. The second-order valence-corrected chi connectivity index (χ2v) is 4.94. The summed E-state index contributed by atoms with van der Waals surface area (Å²) in [5.74, 6) is 0. The molecule has 0 spiro atoms. The zero-order valence-corrected chi connectivity index (χ0v) is 10.5. The van der Waals surface area contributed by atoms with E-state index in [1.807, 2.05) is 60.7 Å². The smallest absolute Gasteiger partial charge is 0.118 e. The molecule has 0 bridgehead atoms. The lowest BCUT2D eigenvalue weighted by Gasteiger charge is -2.27. The Morgan fingerprint density at radius 1 is 0.895 bits per heavy atom. The molecule has 0 amide bonds. The van der Waals surface area contributed by atoms with Crippen LogP contribution in [-0.2, 0) is 5.60 Å². The Bertz CT molecular complexity index is 589. The van der Waals surface area contributed by atoms with E-state index in [1.54, 1.807) is 6.08 Å². The van der Waals surface area contributed by atoms with Gasteiger partial charge in [-0.25, -0.2) is 0 Å². The van der Waals surface area contributed by atoms with Crippen LogP contribution < -0.4 is 0 Å². The molecule has 0 saturated heterocycles. The highest BCUT2D eigenvalue weighted by atomic mass is 16.3. The number of hydrogen-bond acceptors (Lipinski definition) is 2. The summed E-state index contributed by atoms with van der Waals surface area (Å²) in [5.41, 5.74) is 1.45. The minimum Gasteiger partial charge on any atom is -0.389 e. The Labute approximate surface area is 112 Å². The van der Waals surface area contributed by atoms with Gasteiger partial charge in [0.2, 0.25) is 0 Å². The van der Waals surface area contributed by atoms with Crippen molar-refractivity contribution in [3.05, 3.63) is 77.9 Å². The monoisotopic (exact) mass is 252 g/mol. The van der Waals surface area contributed by atoms with E-state index >= 15 is 0 Å². The summed E-state index contributed by atoms with van der Waals surface area (Å²) in [7, 11) is 0. The van der Waals surface area contributed by atoms with Gasteiger partial charge in [-0.1, -0.05) is 60.7 Å². The summed E-state index contributed by atoms with van der Waals surface area (Å²) < 4.78 is 0. The molecule has 19 heavy (non-hydrogen) atoms. The maximum absolute atomic E-state index is 11.0. The van der Waals surface area contributed by atoms with E-state index in [0.29, 0.717) is 6.42 Å². The molecule has 0 unspecified atom stereocenters. The SMILES string of the molecule is O[C@H]1C=C(c2ccccc2)[C@@](O)(c2ccccc2)C1. The van der Waals surface area contributed by atoms with Gasteiger partial charge in [0.1, 0.15) is 5.60 Å². The summed E-state index contributed by atoms with van der Waals surface area (Å²) in [4.78, 5) is 0. The van der Waals surface area contributed by atoms with Gasteiger partial charge < -0.3 is 10.2 Å². The predicted octanol–water partition coefficient (Wildman–Crippen LogP) is 2.72. The van der Waals surface area contributed by atoms with Gasteiger partial charge in [-0.05, 0) is 22.8 Å². The molecule has 96 valence electrons. The fourth-order valence-corrected chi connectivity index (χ4v) is 2.74. The van der Waals surface area contributed by atoms with E-state index in [4.69, 9.17) is 0 Å². The van der Waals surface area contributed by atoms with Crippen molar-refractivity contribution >= 4 is 5.57 Å². The first kappa shape index (κ1) is 12.2. The van der Waals surface area contributed by atoms with Crippen LogP contribution in [0, 0.1) is 0 Å². The number of rotatable bonds is 2. The lowest BCUT2D eigenvalue weighted by molar-refractivity contribution is 0.0629. The van der Waals surface area contributed by atoms with E-state index in [0.717, 1.165) is 16.7 Å². The normalized spacial score (nSPS) is 26.2. The maximum Gasteiger partial charge on any atom is 0.118 e. The van der Waals surface area contributed by atoms with Crippen LogP contribution in [0.4, 0.5) is 0 Å².